The average molecular weight is 610 g/mol. The number of aryl methyl sites for hydroxylation is 1. The summed E-state index contributed by atoms with van der Waals surface area (Å²) in [5.74, 6) is 0. The summed E-state index contributed by atoms with van der Waals surface area (Å²) in [6.07, 6.45) is 12.6. The first-order valence-corrected chi connectivity index (χ1v) is 14.7. The van der Waals surface area contributed by atoms with Gasteiger partial charge in [0.05, 0.1) is 0 Å². The average Bonchev–Trinajstić information content (AvgIpc) is 3.69. The van der Waals surface area contributed by atoms with Gasteiger partial charge in [0.1, 0.15) is 0 Å². The Morgan fingerprint density at radius 3 is 2.81 bits per heavy atom. The second kappa shape index (κ2) is 8.82. The molecular formula is C28H18N4RhS3. The van der Waals surface area contributed by atoms with Gasteiger partial charge in [-0.15, -0.1) is 0 Å². The van der Waals surface area contributed by atoms with E-state index in [4.69, 9.17) is 4.98 Å². The summed E-state index contributed by atoms with van der Waals surface area (Å²) in [6, 6.07) is 13.0. The quantitative estimate of drug-likeness (QED) is 0.147. The molecule has 6 heterocycles. The molecule has 0 saturated carbocycles. The van der Waals surface area contributed by atoms with Gasteiger partial charge in [-0.25, -0.2) is 0 Å². The van der Waals surface area contributed by atoms with Crippen molar-refractivity contribution in [3.8, 4) is 11.1 Å². The van der Waals surface area contributed by atoms with Crippen LogP contribution in [0.5, 0.6) is 0 Å². The molecule has 36 heavy (non-hydrogen) atoms. The molecule has 0 N–H and O–H groups in total. The summed E-state index contributed by atoms with van der Waals surface area (Å²) in [7, 11) is 2.05. The van der Waals surface area contributed by atoms with Crippen LogP contribution in [0.25, 0.3) is 58.9 Å². The van der Waals surface area contributed by atoms with Crippen molar-refractivity contribution in [3.63, 3.8) is 0 Å². The summed E-state index contributed by atoms with van der Waals surface area (Å²) >= 11 is 8.34. The Balaban J connectivity index is 1.33. The van der Waals surface area contributed by atoms with Gasteiger partial charge in [0.2, 0.25) is 0 Å². The third-order valence-corrected chi connectivity index (χ3v) is 9.77. The Morgan fingerprint density at radius 1 is 1.00 bits per heavy atom. The van der Waals surface area contributed by atoms with Gasteiger partial charge in [0, 0.05) is 0 Å². The maximum absolute atomic E-state index is 5.25. The van der Waals surface area contributed by atoms with E-state index in [2.05, 4.69) is 123 Å². The number of benzene rings is 1. The molecule has 0 aliphatic heterocycles. The zero-order valence-corrected chi connectivity index (χ0v) is 23.1. The predicted molar refractivity (Wildman–Crippen MR) is 153 cm³/mol. The number of allylic oxidation sites excluding steroid dienone is 3. The van der Waals surface area contributed by atoms with Gasteiger partial charge in [-0.05, 0) is 0 Å². The molecule has 0 amide bonds. The van der Waals surface area contributed by atoms with E-state index >= 15 is 0 Å². The first kappa shape index (κ1) is 22.2. The monoisotopic (exact) mass is 609 g/mol. The normalized spacial score (nSPS) is 12.5. The van der Waals surface area contributed by atoms with Crippen LogP contribution in [0, 0.1) is 0 Å². The Hall–Kier alpha value is -3.03. The Labute approximate surface area is 228 Å². The van der Waals surface area contributed by atoms with Gasteiger partial charge < -0.3 is 0 Å². The Kier molecular flexibility index (Phi) is 5.44. The standard InChI is InChI=1S/C28H18N4S3.Rh/c1-31-12-10-18(14-31)22-16-33-24-13-21-20-8-4-5-9-23(20)32(27(21)30-26(22)24)11-6-2-3-7-19-15-34-28-25(19)29-17-35-28;/h2-10,12-17H,1H3;/b6-2-,7-3?;. The first-order chi connectivity index (χ1) is 17.7. The van der Waals surface area contributed by atoms with E-state index in [1.807, 2.05) is 5.51 Å². The van der Waals surface area contributed by atoms with E-state index < -0.39 is 0 Å². The number of hydrogen-bond acceptors (Lipinski definition) is 5. The number of aromatic nitrogens is 4. The second-order valence-corrected chi connectivity index (χ2v) is 12.2. The van der Waals surface area contributed by atoms with Crippen LogP contribution in [0.15, 0.2) is 83.3 Å². The molecule has 1 aromatic carbocycles. The van der Waals surface area contributed by atoms with Crippen LogP contribution >= 0.6 is 34.0 Å². The van der Waals surface area contributed by atoms with Gasteiger partial charge in [0.25, 0.3) is 0 Å². The van der Waals surface area contributed by atoms with E-state index in [1.165, 1.54) is 30.6 Å². The van der Waals surface area contributed by atoms with Crippen molar-refractivity contribution >= 4 is 86.0 Å². The minimum absolute atomic E-state index is 0.965. The number of rotatable bonds is 5. The van der Waals surface area contributed by atoms with Crippen LogP contribution in [-0.2, 0) is 24.9 Å². The van der Waals surface area contributed by atoms with Crippen molar-refractivity contribution in [2.24, 2.45) is 7.05 Å². The van der Waals surface area contributed by atoms with Crippen LogP contribution in [0.4, 0.5) is 0 Å². The molecule has 0 aliphatic rings. The fraction of sp³-hybridized carbons (Fsp3) is 0.0357. The van der Waals surface area contributed by atoms with Crippen molar-refractivity contribution in [1.29, 1.82) is 0 Å². The van der Waals surface area contributed by atoms with E-state index in [0.717, 1.165) is 32.0 Å². The van der Waals surface area contributed by atoms with Crippen LogP contribution in [0.1, 0.15) is 5.56 Å². The van der Waals surface area contributed by atoms with E-state index in [1.54, 1.807) is 34.0 Å². The Morgan fingerprint density at radius 2 is 1.92 bits per heavy atom. The molecule has 6 aromatic heterocycles. The van der Waals surface area contributed by atoms with Crippen LogP contribution in [-0.4, -0.2) is 23.3 Å². The number of pyridine rings is 1. The third kappa shape index (κ3) is 3.60. The number of thiophene rings is 2. The van der Waals surface area contributed by atoms with Gasteiger partial charge in [-0.1, -0.05) is 0 Å². The third-order valence-electron chi connectivity index (χ3n) is 6.23. The zero-order valence-electron chi connectivity index (χ0n) is 19.0. The van der Waals surface area contributed by atoms with Crippen molar-refractivity contribution in [3.05, 3.63) is 88.9 Å². The molecule has 0 unspecified atom stereocenters. The molecule has 0 bridgehead atoms. The molecule has 0 spiro atoms. The molecule has 7 rings (SSSR count). The van der Waals surface area contributed by atoms with Crippen molar-refractivity contribution in [1.82, 2.24) is 19.1 Å². The summed E-state index contributed by atoms with van der Waals surface area (Å²) in [4.78, 5) is 9.73. The summed E-state index contributed by atoms with van der Waals surface area (Å²) in [5, 5.41) is 6.76. The van der Waals surface area contributed by atoms with Gasteiger partial charge in [0.15, 0.2) is 0 Å². The van der Waals surface area contributed by atoms with Crippen molar-refractivity contribution in [2.45, 2.75) is 0 Å². The molecule has 0 radical (unpaired) electrons. The van der Waals surface area contributed by atoms with E-state index in [9.17, 15) is 0 Å². The molecule has 0 fully saturated rings. The minimum atomic E-state index is 0.965. The molecule has 0 atom stereocenters. The topological polar surface area (TPSA) is 35.6 Å². The molecule has 0 saturated heterocycles. The fourth-order valence-electron chi connectivity index (χ4n) is 4.57. The molecule has 177 valence electrons. The SMILES string of the molecule is Cn1ccc(-c2csc3cc4c5ccccc5n([C](=[Rh])/C=C\C=Cc5csc6scnc56)c4nc23)c1. The zero-order chi connectivity index (χ0) is 24.2. The summed E-state index contributed by atoms with van der Waals surface area (Å²) < 4.78 is 7.79. The van der Waals surface area contributed by atoms with Gasteiger partial charge >= 0.3 is 230 Å². The molecular weight excluding hydrogens is 591 g/mol. The van der Waals surface area contributed by atoms with Crippen LogP contribution in [0.2, 0.25) is 0 Å². The maximum atomic E-state index is 5.25. The van der Waals surface area contributed by atoms with Gasteiger partial charge in [-0.3, -0.25) is 0 Å². The number of nitrogens with zero attached hydrogens (tertiary/aromatic N) is 4. The van der Waals surface area contributed by atoms with E-state index in [-0.39, 0.29) is 0 Å². The van der Waals surface area contributed by atoms with Crippen LogP contribution in [0.3, 0.4) is 0 Å². The number of fused-ring (bicyclic) bond motifs is 5. The fourth-order valence-corrected chi connectivity index (χ4v) is 7.78. The number of para-hydroxylation sites is 1. The Bertz CT molecular complexity index is 1990. The van der Waals surface area contributed by atoms with E-state index in [0.29, 0.717) is 0 Å². The molecule has 7 aromatic rings. The number of hydrogen-bond donors (Lipinski definition) is 0. The van der Waals surface area contributed by atoms with Crippen molar-refractivity contribution < 1.29 is 17.9 Å². The molecule has 8 heteroatoms. The summed E-state index contributed by atoms with van der Waals surface area (Å²) in [6.45, 7) is 0. The van der Waals surface area contributed by atoms with Gasteiger partial charge in [-0.2, -0.15) is 0 Å². The molecule has 4 nitrogen and oxygen atoms in total. The first-order valence-electron chi connectivity index (χ1n) is 11.3. The predicted octanol–water partition coefficient (Wildman–Crippen LogP) is 7.88. The number of thiazole rings is 1. The summed E-state index contributed by atoms with van der Waals surface area (Å²) in [5.41, 5.74) is 9.69. The van der Waals surface area contributed by atoms with Crippen LogP contribution < -0.4 is 0 Å². The second-order valence-electron chi connectivity index (χ2n) is 8.47. The van der Waals surface area contributed by atoms with Crippen molar-refractivity contribution in [2.75, 3.05) is 0 Å². The molecule has 0 aliphatic carbocycles.